The van der Waals surface area contributed by atoms with Crippen LogP contribution in [0, 0.1) is 11.3 Å². The normalized spacial score (nSPS) is 23.6. The summed E-state index contributed by atoms with van der Waals surface area (Å²) in [5.41, 5.74) is -3.14. The summed E-state index contributed by atoms with van der Waals surface area (Å²) in [5, 5.41) is 7.24. The van der Waals surface area contributed by atoms with Crippen LogP contribution in [-0.2, 0) is 29.1 Å². The molecule has 2 aromatic carbocycles. The third kappa shape index (κ3) is 7.98. The number of sulfonamides is 1. The van der Waals surface area contributed by atoms with E-state index in [1.165, 1.54) is 11.0 Å². The molecule has 2 fully saturated rings. The third-order valence-electron chi connectivity index (χ3n) is 7.99. The second-order valence-corrected chi connectivity index (χ2v) is 15.9. The fraction of sp³-hybridized carbons (Fsp3) is 0.515. The van der Waals surface area contributed by atoms with Crippen LogP contribution in [0.5, 0.6) is 5.75 Å². The minimum Gasteiger partial charge on any atom is -0.488 e. The number of ether oxygens (including phenoxy) is 2. The van der Waals surface area contributed by atoms with Crippen LogP contribution in [0.25, 0.3) is 10.8 Å². The van der Waals surface area contributed by atoms with E-state index in [1.54, 1.807) is 41.5 Å². The molecule has 250 valence electrons. The molecule has 0 aromatic heterocycles. The average Bonchev–Trinajstić information content (AvgIpc) is 3.48. The summed E-state index contributed by atoms with van der Waals surface area (Å²) in [6.45, 7) is 14.2. The van der Waals surface area contributed by atoms with Crippen LogP contribution in [0.1, 0.15) is 54.4 Å². The molecule has 1 saturated carbocycles. The molecule has 1 unspecified atom stereocenters. The number of nitrogens with one attached hydrogen (secondary N) is 3. The number of fused-ring (bicyclic) bond motifs is 1. The molecule has 2 aliphatic rings. The Balaban J connectivity index is 1.66. The first-order valence-corrected chi connectivity index (χ1v) is 17.0. The van der Waals surface area contributed by atoms with E-state index in [0.717, 1.165) is 17.0 Å². The third-order valence-corrected chi connectivity index (χ3v) is 8.55. The van der Waals surface area contributed by atoms with Crippen LogP contribution in [0.2, 0.25) is 0 Å². The summed E-state index contributed by atoms with van der Waals surface area (Å²) in [7, 11) is -3.91. The van der Waals surface area contributed by atoms with E-state index in [4.69, 9.17) is 9.47 Å². The molecule has 1 saturated heterocycles. The molecule has 4 amide bonds. The number of rotatable bonds is 9. The fourth-order valence-corrected chi connectivity index (χ4v) is 6.21. The van der Waals surface area contributed by atoms with Gasteiger partial charge in [-0.15, -0.1) is 6.58 Å². The van der Waals surface area contributed by atoms with Gasteiger partial charge < -0.3 is 25.0 Å². The van der Waals surface area contributed by atoms with Crippen molar-refractivity contribution in [3.63, 3.8) is 0 Å². The van der Waals surface area contributed by atoms with Crippen molar-refractivity contribution in [3.8, 4) is 5.75 Å². The van der Waals surface area contributed by atoms with Crippen molar-refractivity contribution in [3.05, 3.63) is 55.1 Å². The van der Waals surface area contributed by atoms with E-state index in [0.29, 0.717) is 5.75 Å². The zero-order chi connectivity index (χ0) is 34.2. The van der Waals surface area contributed by atoms with Crippen molar-refractivity contribution < 1.29 is 37.1 Å². The molecular formula is C33H44N4O8S. The Morgan fingerprint density at radius 2 is 1.70 bits per heavy atom. The molecule has 1 aliphatic heterocycles. The van der Waals surface area contributed by atoms with Crippen molar-refractivity contribution in [2.45, 2.75) is 83.7 Å². The van der Waals surface area contributed by atoms with Crippen LogP contribution >= 0.6 is 0 Å². The Morgan fingerprint density at radius 1 is 1.04 bits per heavy atom. The van der Waals surface area contributed by atoms with Gasteiger partial charge in [0.2, 0.25) is 21.8 Å². The lowest BCUT2D eigenvalue weighted by Crippen LogP contribution is -2.60. The number of hydrogen-bond acceptors (Lipinski definition) is 8. The van der Waals surface area contributed by atoms with E-state index >= 15 is 0 Å². The highest BCUT2D eigenvalue weighted by atomic mass is 32.2. The smallest absolute Gasteiger partial charge is 0.408 e. The molecule has 46 heavy (non-hydrogen) atoms. The van der Waals surface area contributed by atoms with Gasteiger partial charge in [-0.25, -0.2) is 13.2 Å². The number of nitrogens with zero attached hydrogens (tertiary/aromatic N) is 1. The zero-order valence-corrected chi connectivity index (χ0v) is 28.2. The van der Waals surface area contributed by atoms with Crippen molar-refractivity contribution in [2.75, 3.05) is 12.8 Å². The largest absolute Gasteiger partial charge is 0.488 e. The van der Waals surface area contributed by atoms with Gasteiger partial charge in [-0.05, 0) is 44.1 Å². The number of likely N-dealkylation sites (tertiary alicyclic amines) is 1. The number of benzene rings is 2. The number of carbonyl (C=O) groups excluding carboxylic acids is 4. The van der Waals surface area contributed by atoms with Gasteiger partial charge in [0.25, 0.3) is 5.91 Å². The van der Waals surface area contributed by atoms with Crippen LogP contribution in [0.4, 0.5) is 4.79 Å². The highest BCUT2D eigenvalue weighted by Gasteiger charge is 2.61. The quantitative estimate of drug-likeness (QED) is 0.347. The molecule has 1 aliphatic carbocycles. The van der Waals surface area contributed by atoms with Crippen molar-refractivity contribution in [2.24, 2.45) is 11.3 Å². The minimum atomic E-state index is -3.91. The van der Waals surface area contributed by atoms with E-state index in [9.17, 15) is 27.6 Å². The van der Waals surface area contributed by atoms with Crippen LogP contribution < -0.4 is 20.1 Å². The van der Waals surface area contributed by atoms with Gasteiger partial charge in [0.15, 0.2) is 0 Å². The second-order valence-electron chi connectivity index (χ2n) is 14.1. The summed E-state index contributed by atoms with van der Waals surface area (Å²) in [4.78, 5) is 55.5. The predicted molar refractivity (Wildman–Crippen MR) is 173 cm³/mol. The number of hydrogen-bond donors (Lipinski definition) is 3. The first-order valence-electron chi connectivity index (χ1n) is 15.2. The Labute approximate surface area is 270 Å². The molecule has 5 atom stereocenters. The lowest BCUT2D eigenvalue weighted by Gasteiger charge is -2.36. The van der Waals surface area contributed by atoms with E-state index < -0.39 is 74.5 Å². The van der Waals surface area contributed by atoms with Crippen LogP contribution in [0.15, 0.2) is 55.1 Å². The van der Waals surface area contributed by atoms with E-state index in [1.807, 2.05) is 47.2 Å². The van der Waals surface area contributed by atoms with Crippen molar-refractivity contribution >= 4 is 44.6 Å². The van der Waals surface area contributed by atoms with Gasteiger partial charge >= 0.3 is 6.09 Å². The van der Waals surface area contributed by atoms with E-state index in [-0.39, 0.29) is 19.4 Å². The van der Waals surface area contributed by atoms with Gasteiger partial charge in [-0.2, -0.15) is 0 Å². The Hall–Kier alpha value is -4.13. The maximum atomic E-state index is 14.3. The first kappa shape index (κ1) is 34.7. The zero-order valence-electron chi connectivity index (χ0n) is 27.4. The van der Waals surface area contributed by atoms with Gasteiger partial charge in [0, 0.05) is 17.7 Å². The average molecular weight is 657 g/mol. The molecule has 13 heteroatoms. The van der Waals surface area contributed by atoms with Gasteiger partial charge in [0.05, 0.1) is 12.8 Å². The molecule has 0 radical (unpaired) electrons. The molecule has 0 bridgehead atoms. The number of amides is 4. The van der Waals surface area contributed by atoms with Gasteiger partial charge in [0.1, 0.15) is 35.1 Å². The molecule has 4 rings (SSSR count). The monoisotopic (exact) mass is 656 g/mol. The maximum Gasteiger partial charge on any atom is 0.408 e. The van der Waals surface area contributed by atoms with Crippen molar-refractivity contribution in [1.82, 2.24) is 20.3 Å². The topological polar surface area (TPSA) is 160 Å². The highest BCUT2D eigenvalue weighted by Crippen LogP contribution is 2.45. The van der Waals surface area contributed by atoms with Crippen molar-refractivity contribution in [1.29, 1.82) is 0 Å². The van der Waals surface area contributed by atoms with Crippen LogP contribution in [0.3, 0.4) is 0 Å². The molecule has 3 N–H and O–H groups in total. The van der Waals surface area contributed by atoms with Gasteiger partial charge in [-0.1, -0.05) is 63.2 Å². The fourth-order valence-electron chi connectivity index (χ4n) is 5.69. The summed E-state index contributed by atoms with van der Waals surface area (Å²) >= 11 is 0. The summed E-state index contributed by atoms with van der Waals surface area (Å²) < 4.78 is 37.5. The first-order chi connectivity index (χ1) is 21.2. The summed E-state index contributed by atoms with van der Waals surface area (Å²) in [5.74, 6) is -2.01. The molecule has 12 nitrogen and oxygen atoms in total. The Morgan fingerprint density at radius 3 is 2.28 bits per heavy atom. The SMILES string of the molecule is C=C[C@@H]1C[C@]1(NC(=O)[C@@H]1C[C@@H](Oc2cccc3ccccc23)CN1C(=O)C(NC(=O)OC(C)(C)C)C(C)(C)C)C(=O)NS(C)(=O)=O. The summed E-state index contributed by atoms with van der Waals surface area (Å²) in [6.07, 6.45) is 1.14. The molecular weight excluding hydrogens is 612 g/mol. The Kier molecular flexibility index (Phi) is 9.50. The second kappa shape index (κ2) is 12.6. The predicted octanol–water partition coefficient (Wildman–Crippen LogP) is 3.26. The molecule has 1 heterocycles. The Bertz CT molecular complexity index is 1640. The standard InChI is InChI=1S/C33H44N4O8S/c1-9-21-18-33(21,29(40)36-46(8,42)43)35-27(38)24-17-22(44-25-16-12-14-20-13-10-11-15-23(20)25)19-37(24)28(39)26(31(2,3)4)34-30(41)45-32(5,6)7/h9-16,21-22,24,26H,1,17-19H2,2-8H3,(H,34,41)(H,35,38)(H,36,40)/t21-,22-,24+,26?,33-/m1/s1. The van der Waals surface area contributed by atoms with Gasteiger partial charge in [-0.3, -0.25) is 19.1 Å². The highest BCUT2D eigenvalue weighted by molar-refractivity contribution is 7.89. The maximum absolute atomic E-state index is 14.3. The minimum absolute atomic E-state index is 0.0101. The number of carbonyl (C=O) groups is 4. The molecule has 0 spiro atoms. The van der Waals surface area contributed by atoms with Crippen LogP contribution in [-0.4, -0.2) is 79.3 Å². The molecule has 2 aromatic rings. The lowest BCUT2D eigenvalue weighted by atomic mass is 9.85. The summed E-state index contributed by atoms with van der Waals surface area (Å²) in [6, 6.07) is 11.1. The van der Waals surface area contributed by atoms with E-state index in [2.05, 4.69) is 17.2 Å². The lowest BCUT2D eigenvalue weighted by molar-refractivity contribution is -0.143. The number of alkyl carbamates (subject to hydrolysis) is 1.